The van der Waals surface area contributed by atoms with Crippen LogP contribution in [0.4, 0.5) is 0 Å². The number of ether oxygens (including phenoxy) is 4. The zero-order valence-corrected chi connectivity index (χ0v) is 31.1. The van der Waals surface area contributed by atoms with Crippen LogP contribution in [0.15, 0.2) is 91.5 Å². The van der Waals surface area contributed by atoms with E-state index in [-0.39, 0.29) is 49.6 Å². The van der Waals surface area contributed by atoms with Crippen LogP contribution in [0.5, 0.6) is 17.4 Å². The number of amides is 3. The maximum absolute atomic E-state index is 13.1. The molecule has 2 aliphatic heterocycles. The van der Waals surface area contributed by atoms with Gasteiger partial charge in [-0.15, -0.1) is 0 Å². The van der Waals surface area contributed by atoms with Gasteiger partial charge in [0.05, 0.1) is 12.8 Å². The minimum atomic E-state index is -0.636. The highest BCUT2D eigenvalue weighted by atomic mass is 16.5. The molecule has 0 spiro atoms. The molecule has 6 heterocycles. The second-order valence-corrected chi connectivity index (χ2v) is 14.3. The minimum Gasteiger partial charge on any atom is -0.491 e. The Hall–Kier alpha value is -6.78. The number of nitrogens with zero attached hydrogens (tertiary/aromatic N) is 5. The molecule has 13 nitrogen and oxygen atoms in total. The van der Waals surface area contributed by atoms with E-state index in [1.54, 1.807) is 29.4 Å². The van der Waals surface area contributed by atoms with Gasteiger partial charge in [0.1, 0.15) is 48.7 Å². The number of nitrogens with one attached hydrogen (secondary N) is 1. The van der Waals surface area contributed by atoms with Crippen molar-refractivity contribution in [2.24, 2.45) is 0 Å². The summed E-state index contributed by atoms with van der Waals surface area (Å²) in [6.45, 7) is 1.11. The molecule has 2 fully saturated rings. The molecular formula is C44H38N6O7. The first kappa shape index (κ1) is 35.9. The van der Waals surface area contributed by atoms with Gasteiger partial charge in [-0.3, -0.25) is 24.3 Å². The fourth-order valence-electron chi connectivity index (χ4n) is 7.44. The number of carbonyl (C=O) groups is 3. The summed E-state index contributed by atoms with van der Waals surface area (Å²) in [5.74, 6) is 6.96. The van der Waals surface area contributed by atoms with Crippen LogP contribution in [-0.4, -0.2) is 92.6 Å². The van der Waals surface area contributed by atoms with Crippen LogP contribution in [0.25, 0.3) is 32.9 Å². The van der Waals surface area contributed by atoms with Gasteiger partial charge in [-0.1, -0.05) is 24.1 Å². The predicted octanol–water partition coefficient (Wildman–Crippen LogP) is 5.71. The third kappa shape index (κ3) is 7.47. The lowest BCUT2D eigenvalue weighted by atomic mass is 9.92. The van der Waals surface area contributed by atoms with Gasteiger partial charge in [0.15, 0.2) is 0 Å². The highest BCUT2D eigenvalue weighted by Crippen LogP contribution is 2.33. The van der Waals surface area contributed by atoms with E-state index in [4.69, 9.17) is 18.9 Å². The summed E-state index contributed by atoms with van der Waals surface area (Å²) in [4.78, 5) is 57.0. The summed E-state index contributed by atoms with van der Waals surface area (Å²) in [6, 6.07) is 20.6. The maximum atomic E-state index is 13.1. The predicted molar refractivity (Wildman–Crippen MR) is 209 cm³/mol. The highest BCUT2D eigenvalue weighted by Gasteiger charge is 2.41. The van der Waals surface area contributed by atoms with Crippen LogP contribution in [0, 0.1) is 11.8 Å². The Morgan fingerprint density at radius 1 is 0.825 bits per heavy atom. The average Bonchev–Trinajstić information content (AvgIpc) is 3.76. The molecule has 286 valence electrons. The number of carbonyl (C=O) groups excluding carboxylic acids is 3. The van der Waals surface area contributed by atoms with Gasteiger partial charge in [-0.05, 0) is 65.9 Å². The van der Waals surface area contributed by atoms with Crippen LogP contribution in [0.3, 0.4) is 0 Å². The average molecular weight is 763 g/mol. The second-order valence-electron chi connectivity index (χ2n) is 14.3. The first-order chi connectivity index (χ1) is 27.9. The molecule has 0 bridgehead atoms. The number of fused-ring (bicyclic) bond motifs is 4. The van der Waals surface area contributed by atoms with Crippen LogP contribution >= 0.6 is 0 Å². The Labute approximate surface area is 327 Å². The van der Waals surface area contributed by atoms with Crippen molar-refractivity contribution in [3.63, 3.8) is 0 Å². The largest absolute Gasteiger partial charge is 0.491 e. The molecule has 1 unspecified atom stereocenters. The summed E-state index contributed by atoms with van der Waals surface area (Å²) in [6.07, 6.45) is 9.35. The van der Waals surface area contributed by atoms with E-state index in [0.29, 0.717) is 48.2 Å². The van der Waals surface area contributed by atoms with E-state index in [1.807, 2.05) is 48.8 Å². The van der Waals surface area contributed by atoms with Crippen molar-refractivity contribution in [1.29, 1.82) is 0 Å². The van der Waals surface area contributed by atoms with E-state index in [2.05, 4.69) is 50.0 Å². The number of imide groups is 1. The summed E-state index contributed by atoms with van der Waals surface area (Å²) in [5, 5.41) is 2.26. The number of hydrogen-bond acceptors (Lipinski definition) is 10. The first-order valence-corrected chi connectivity index (χ1v) is 18.9. The van der Waals surface area contributed by atoms with Crippen LogP contribution in [-0.2, 0) is 20.9 Å². The van der Waals surface area contributed by atoms with Crippen LogP contribution < -0.4 is 14.2 Å². The minimum absolute atomic E-state index is 0.0355. The monoisotopic (exact) mass is 762 g/mol. The Kier molecular flexibility index (Phi) is 9.69. The van der Waals surface area contributed by atoms with Crippen molar-refractivity contribution in [1.82, 2.24) is 29.7 Å². The zero-order chi connectivity index (χ0) is 38.9. The molecule has 1 saturated carbocycles. The molecule has 1 N–H and O–H groups in total. The standard InChI is InChI=1S/C44H38N6O7/c1-49-42(51)13-11-40(44(49)53)50-26-29-4-8-31(22-36(29)43(50)52)55-18-17-54-16-2-3-30-7-9-32(24-46-30)56-33-20-34(21-33)57-41-12-6-28(23-47-41)27-5-10-35-37-25-45-15-14-38(37)48-39(35)19-27/h4-10,12,14-15,19,22-25,33-34,40,48H,11,13,16-18,20-21,26H2,1H3/t33-,34-,40?. The van der Waals surface area contributed by atoms with Crippen molar-refractivity contribution in [2.75, 3.05) is 26.9 Å². The Morgan fingerprint density at radius 2 is 1.68 bits per heavy atom. The molecule has 6 aromatic rings. The molecule has 1 saturated heterocycles. The first-order valence-electron chi connectivity index (χ1n) is 18.9. The van der Waals surface area contributed by atoms with Crippen molar-refractivity contribution >= 4 is 39.5 Å². The number of aromatic nitrogens is 4. The fourth-order valence-corrected chi connectivity index (χ4v) is 7.44. The summed E-state index contributed by atoms with van der Waals surface area (Å²) >= 11 is 0. The van der Waals surface area contributed by atoms with Crippen molar-refractivity contribution in [2.45, 2.75) is 50.5 Å². The highest BCUT2D eigenvalue weighted by molar-refractivity contribution is 6.08. The second kappa shape index (κ2) is 15.4. The summed E-state index contributed by atoms with van der Waals surface area (Å²) < 4.78 is 23.6. The van der Waals surface area contributed by atoms with Gasteiger partial charge >= 0.3 is 0 Å². The quantitative estimate of drug-likeness (QED) is 0.0989. The molecule has 13 heteroatoms. The van der Waals surface area contributed by atoms with Gasteiger partial charge in [0.2, 0.25) is 11.8 Å². The number of aromatic amines is 1. The van der Waals surface area contributed by atoms with Gasteiger partial charge in [0, 0.05) is 90.4 Å². The van der Waals surface area contributed by atoms with E-state index in [9.17, 15) is 14.4 Å². The fraction of sp³-hybridized carbons (Fsp3) is 0.273. The van der Waals surface area contributed by atoms with Crippen LogP contribution in [0.1, 0.15) is 47.3 Å². The molecule has 3 amide bonds. The van der Waals surface area contributed by atoms with E-state index < -0.39 is 6.04 Å². The molecule has 1 aliphatic carbocycles. The molecule has 2 aromatic carbocycles. The molecule has 57 heavy (non-hydrogen) atoms. The number of likely N-dealkylation sites (N-methyl/N-ethyl adjacent to an activating group) is 1. The topological polar surface area (TPSA) is 149 Å². The lowest BCUT2D eigenvalue weighted by Crippen LogP contribution is -2.53. The van der Waals surface area contributed by atoms with Gasteiger partial charge in [-0.25, -0.2) is 9.97 Å². The Morgan fingerprint density at radius 3 is 2.53 bits per heavy atom. The lowest BCUT2D eigenvalue weighted by molar-refractivity contribution is -0.150. The molecule has 4 aromatic heterocycles. The molecule has 3 aliphatic rings. The summed E-state index contributed by atoms with van der Waals surface area (Å²) in [7, 11) is 1.46. The Bertz CT molecular complexity index is 2550. The van der Waals surface area contributed by atoms with Crippen LogP contribution in [0.2, 0.25) is 0 Å². The zero-order valence-electron chi connectivity index (χ0n) is 31.1. The number of H-pyrrole nitrogens is 1. The van der Waals surface area contributed by atoms with E-state index in [1.165, 1.54) is 7.05 Å². The number of rotatable bonds is 11. The van der Waals surface area contributed by atoms with Gasteiger partial charge in [0.25, 0.3) is 11.8 Å². The normalized spacial score (nSPS) is 19.0. The molecular weight excluding hydrogens is 725 g/mol. The SMILES string of the molecule is CN1C(=O)CCC(N2Cc3ccc(OCCOCC#Cc4ccc(O[C@H]5C[C@H](Oc6ccc(-c7ccc8c(c7)[nH]c7ccncc78)cn6)C5)cn4)cc3C2=O)C1=O. The molecule has 9 rings (SSSR count). The molecule has 0 radical (unpaired) electrons. The number of pyridine rings is 3. The smallest absolute Gasteiger partial charge is 0.255 e. The van der Waals surface area contributed by atoms with Gasteiger partial charge < -0.3 is 28.8 Å². The third-order valence-electron chi connectivity index (χ3n) is 10.6. The lowest BCUT2D eigenvalue weighted by Gasteiger charge is -2.34. The van der Waals surface area contributed by atoms with E-state index >= 15 is 0 Å². The van der Waals surface area contributed by atoms with Crippen molar-refractivity contribution in [3.05, 3.63) is 108 Å². The number of benzene rings is 2. The Balaban J connectivity index is 0.674. The number of likely N-dealkylation sites (tertiary alicyclic amines) is 1. The van der Waals surface area contributed by atoms with E-state index in [0.717, 1.165) is 56.2 Å². The third-order valence-corrected chi connectivity index (χ3v) is 10.6. The number of hydrogen-bond donors (Lipinski definition) is 1. The molecule has 1 atom stereocenters. The van der Waals surface area contributed by atoms with Gasteiger partial charge in [-0.2, -0.15) is 0 Å². The van der Waals surface area contributed by atoms with Crippen molar-refractivity contribution < 1.29 is 33.3 Å². The number of piperidine rings is 1. The summed E-state index contributed by atoms with van der Waals surface area (Å²) in [5.41, 5.74) is 6.16. The maximum Gasteiger partial charge on any atom is 0.255 e. The van der Waals surface area contributed by atoms with Crippen molar-refractivity contribution in [3.8, 4) is 40.3 Å².